The highest BCUT2D eigenvalue weighted by molar-refractivity contribution is 5.77. The summed E-state index contributed by atoms with van der Waals surface area (Å²) in [5, 5.41) is 23.9. The molecule has 1 amide bonds. The number of carboxylic acid groups (broad SMARTS) is 1. The first-order valence-electron chi connectivity index (χ1n) is 11.8. The second kappa shape index (κ2) is 9.63. The zero-order valence-electron chi connectivity index (χ0n) is 19.1. The molecule has 2 aromatic rings. The minimum atomic E-state index is -0.715. The van der Waals surface area contributed by atoms with Crippen molar-refractivity contribution < 1.29 is 24.2 Å². The summed E-state index contributed by atoms with van der Waals surface area (Å²) in [5.74, 6) is -0.705. The van der Waals surface area contributed by atoms with Gasteiger partial charge in [0, 0.05) is 18.5 Å². The van der Waals surface area contributed by atoms with Gasteiger partial charge in [0.1, 0.15) is 5.82 Å². The van der Waals surface area contributed by atoms with Crippen molar-refractivity contribution in [2.75, 3.05) is 6.54 Å². The Morgan fingerprint density at radius 3 is 2.52 bits per heavy atom. The van der Waals surface area contributed by atoms with Gasteiger partial charge in [-0.1, -0.05) is 19.1 Å². The van der Waals surface area contributed by atoms with Gasteiger partial charge in [0.15, 0.2) is 0 Å². The number of carbonyl (C=O) groups excluding carboxylic acids is 1. The lowest BCUT2D eigenvalue weighted by atomic mass is 9.68. The van der Waals surface area contributed by atoms with E-state index in [-0.39, 0.29) is 24.2 Å². The third-order valence-corrected chi connectivity index (χ3v) is 7.63. The molecule has 1 aromatic carbocycles. The molecule has 1 aromatic heterocycles. The first kappa shape index (κ1) is 23.4. The van der Waals surface area contributed by atoms with E-state index < -0.39 is 11.4 Å². The van der Waals surface area contributed by atoms with Crippen molar-refractivity contribution in [2.45, 2.75) is 71.6 Å². The monoisotopic (exact) mass is 457 g/mol. The van der Waals surface area contributed by atoms with Crippen LogP contribution in [0.2, 0.25) is 0 Å². The van der Waals surface area contributed by atoms with E-state index in [1.54, 1.807) is 12.1 Å². The van der Waals surface area contributed by atoms with Crippen LogP contribution in [0, 0.1) is 17.2 Å². The number of nitrogens with zero attached hydrogens (tertiary/aromatic N) is 3. The number of carboxylic acids is 1. The molecule has 0 spiro atoms. The average molecular weight is 458 g/mol. The van der Waals surface area contributed by atoms with Crippen LogP contribution in [0.3, 0.4) is 0 Å². The maximum absolute atomic E-state index is 13.3. The average Bonchev–Trinajstić information content (AvgIpc) is 3.17. The molecule has 7 nitrogen and oxygen atoms in total. The second-order valence-electron chi connectivity index (χ2n) is 9.47. The van der Waals surface area contributed by atoms with Crippen LogP contribution >= 0.6 is 0 Å². The third-order valence-electron chi connectivity index (χ3n) is 7.63. The van der Waals surface area contributed by atoms with E-state index in [1.807, 2.05) is 16.5 Å². The van der Waals surface area contributed by atoms with Crippen molar-refractivity contribution in [1.82, 2.24) is 14.7 Å². The zero-order chi connectivity index (χ0) is 23.6. The van der Waals surface area contributed by atoms with Gasteiger partial charge in [-0.25, -0.2) is 4.39 Å². The van der Waals surface area contributed by atoms with Crippen molar-refractivity contribution in [2.24, 2.45) is 11.3 Å². The van der Waals surface area contributed by atoms with Gasteiger partial charge in [-0.3, -0.25) is 14.3 Å². The Labute approximate surface area is 193 Å². The molecule has 1 fully saturated rings. The molecule has 178 valence electrons. The fourth-order valence-electron chi connectivity index (χ4n) is 5.32. The Kier molecular flexibility index (Phi) is 6.83. The van der Waals surface area contributed by atoms with Crippen LogP contribution in [0.5, 0.6) is 0 Å². The van der Waals surface area contributed by atoms with E-state index in [1.165, 1.54) is 12.1 Å². The summed E-state index contributed by atoms with van der Waals surface area (Å²) in [6.07, 6.45) is 4.50. The van der Waals surface area contributed by atoms with Crippen LogP contribution in [-0.2, 0) is 35.7 Å². The number of hydrogen-bond acceptors (Lipinski definition) is 4. The Balaban J connectivity index is 1.42. The van der Waals surface area contributed by atoms with Crippen LogP contribution in [-0.4, -0.2) is 43.3 Å². The van der Waals surface area contributed by atoms with Crippen molar-refractivity contribution in [3.05, 3.63) is 52.6 Å². The highest BCUT2D eigenvalue weighted by atomic mass is 19.1. The molecule has 0 atom stereocenters. The molecule has 1 aliphatic heterocycles. The first-order chi connectivity index (χ1) is 15.8. The summed E-state index contributed by atoms with van der Waals surface area (Å²) < 4.78 is 15.1. The van der Waals surface area contributed by atoms with Crippen molar-refractivity contribution in [3.8, 4) is 0 Å². The van der Waals surface area contributed by atoms with E-state index in [4.69, 9.17) is 0 Å². The van der Waals surface area contributed by atoms with Gasteiger partial charge in [0.2, 0.25) is 5.91 Å². The molecule has 0 bridgehead atoms. The van der Waals surface area contributed by atoms with Crippen molar-refractivity contribution in [3.63, 3.8) is 0 Å². The summed E-state index contributed by atoms with van der Waals surface area (Å²) >= 11 is 0. The van der Waals surface area contributed by atoms with Gasteiger partial charge < -0.3 is 15.1 Å². The molecule has 1 aliphatic carbocycles. The Bertz CT molecular complexity index is 1010. The lowest BCUT2D eigenvalue weighted by molar-refractivity contribution is -0.152. The molecule has 33 heavy (non-hydrogen) atoms. The highest BCUT2D eigenvalue weighted by Gasteiger charge is 2.41. The second-order valence-corrected chi connectivity index (χ2v) is 9.47. The van der Waals surface area contributed by atoms with Crippen molar-refractivity contribution in [1.29, 1.82) is 0 Å². The summed E-state index contributed by atoms with van der Waals surface area (Å²) in [6.45, 7) is 3.24. The number of aliphatic hydroxyl groups is 1. The fourth-order valence-corrected chi connectivity index (χ4v) is 5.32. The fraction of sp³-hybridized carbons (Fsp3) is 0.560. The van der Waals surface area contributed by atoms with Gasteiger partial charge in [0.25, 0.3) is 0 Å². The van der Waals surface area contributed by atoms with Crippen LogP contribution in [0.25, 0.3) is 0 Å². The zero-order valence-corrected chi connectivity index (χ0v) is 19.1. The number of amides is 1. The molecule has 1 saturated carbocycles. The van der Waals surface area contributed by atoms with Gasteiger partial charge in [-0.05, 0) is 62.1 Å². The predicted octanol–water partition coefficient (Wildman–Crippen LogP) is 3.51. The Hall–Kier alpha value is -2.74. The number of rotatable bonds is 7. The molecule has 2 aliphatic rings. The molecule has 0 unspecified atom stereocenters. The number of halogens is 1. The molecule has 2 N–H and O–H groups in total. The Morgan fingerprint density at radius 2 is 1.91 bits per heavy atom. The van der Waals surface area contributed by atoms with Crippen LogP contribution in [0.1, 0.15) is 68.0 Å². The lowest BCUT2D eigenvalue weighted by Crippen LogP contribution is -2.39. The molecule has 0 saturated heterocycles. The van der Waals surface area contributed by atoms with Gasteiger partial charge in [-0.2, -0.15) is 5.10 Å². The van der Waals surface area contributed by atoms with Gasteiger partial charge in [0.05, 0.1) is 36.5 Å². The molecule has 2 heterocycles. The molecule has 8 heteroatoms. The molecular weight excluding hydrogens is 425 g/mol. The number of hydrogen-bond donors (Lipinski definition) is 2. The summed E-state index contributed by atoms with van der Waals surface area (Å²) in [4.78, 5) is 26.7. The number of aromatic nitrogens is 2. The standard InChI is InChI=1S/C25H32FN3O4/c1-2-25(24(32)33)10-7-17(8-11-25)13-23(31)28-12-9-20-21(16-30)27-29(22(20)15-28)14-18-3-5-19(26)6-4-18/h3-6,17,30H,2,7-16H2,1H3,(H,32,33). The number of carbonyl (C=O) groups is 2. The molecular formula is C25H32FN3O4. The van der Waals surface area contributed by atoms with Crippen molar-refractivity contribution >= 4 is 11.9 Å². The summed E-state index contributed by atoms with van der Waals surface area (Å²) in [5.41, 5.74) is 2.82. The lowest BCUT2D eigenvalue weighted by Gasteiger charge is -2.37. The number of aliphatic carboxylic acids is 1. The summed E-state index contributed by atoms with van der Waals surface area (Å²) in [7, 11) is 0. The SMILES string of the molecule is CCC1(C(=O)O)CCC(CC(=O)N2CCc3c(CO)nn(Cc4ccc(F)cc4)c3C2)CC1. The number of benzene rings is 1. The van der Waals surface area contributed by atoms with Crippen LogP contribution in [0.4, 0.5) is 4.39 Å². The maximum Gasteiger partial charge on any atom is 0.309 e. The minimum Gasteiger partial charge on any atom is -0.481 e. The van der Waals surface area contributed by atoms with E-state index in [0.717, 1.165) is 29.7 Å². The van der Waals surface area contributed by atoms with Gasteiger partial charge in [-0.15, -0.1) is 0 Å². The van der Waals surface area contributed by atoms with E-state index in [9.17, 15) is 24.2 Å². The largest absolute Gasteiger partial charge is 0.481 e. The third kappa shape index (κ3) is 4.81. The first-order valence-corrected chi connectivity index (χ1v) is 11.8. The van der Waals surface area contributed by atoms with E-state index in [2.05, 4.69) is 5.10 Å². The minimum absolute atomic E-state index is 0.0880. The smallest absolute Gasteiger partial charge is 0.309 e. The number of fused-ring (bicyclic) bond motifs is 1. The summed E-state index contributed by atoms with van der Waals surface area (Å²) in [6, 6.07) is 6.25. The number of aliphatic hydroxyl groups excluding tert-OH is 1. The van der Waals surface area contributed by atoms with Gasteiger partial charge >= 0.3 is 5.97 Å². The Morgan fingerprint density at radius 1 is 1.21 bits per heavy atom. The molecule has 4 rings (SSSR count). The normalized spacial score (nSPS) is 22.8. The van der Waals surface area contributed by atoms with E-state index >= 15 is 0 Å². The maximum atomic E-state index is 13.3. The van der Waals surface area contributed by atoms with E-state index in [0.29, 0.717) is 57.4 Å². The molecule has 0 radical (unpaired) electrons. The van der Waals surface area contributed by atoms with Crippen LogP contribution in [0.15, 0.2) is 24.3 Å². The predicted molar refractivity (Wildman–Crippen MR) is 120 cm³/mol. The highest BCUT2D eigenvalue weighted by Crippen LogP contribution is 2.43. The topological polar surface area (TPSA) is 95.7 Å². The quantitative estimate of drug-likeness (QED) is 0.663. The van der Waals surface area contributed by atoms with Crippen LogP contribution < -0.4 is 0 Å².